The molecule has 18 heavy (non-hydrogen) atoms. The number of nitrogen functional groups attached to an aromatic ring is 1. The lowest BCUT2D eigenvalue weighted by Gasteiger charge is -1.88. The van der Waals surface area contributed by atoms with Gasteiger partial charge in [-0.05, 0) is 18.2 Å². The summed E-state index contributed by atoms with van der Waals surface area (Å²) >= 11 is 1.12. The van der Waals surface area contributed by atoms with Crippen LogP contribution in [0.4, 0.5) is 5.69 Å². The predicted octanol–water partition coefficient (Wildman–Crippen LogP) is 3.44. The van der Waals surface area contributed by atoms with Crippen LogP contribution in [0.15, 0.2) is 40.8 Å². The van der Waals surface area contributed by atoms with E-state index >= 15 is 0 Å². The Balaban J connectivity index is 2.14. The van der Waals surface area contributed by atoms with E-state index in [1.54, 1.807) is 6.07 Å². The molecule has 0 amide bonds. The number of para-hydroxylation sites is 1. The van der Waals surface area contributed by atoms with Gasteiger partial charge in [0.25, 0.3) is 0 Å². The highest BCUT2D eigenvalue weighted by Crippen LogP contribution is 2.36. The van der Waals surface area contributed by atoms with Crippen LogP contribution in [0.2, 0.25) is 0 Å². The number of aromatic carboxylic acids is 1. The Morgan fingerprint density at radius 2 is 2.06 bits per heavy atom. The minimum absolute atomic E-state index is 0.144. The molecule has 3 rings (SSSR count). The molecule has 0 saturated carbocycles. The van der Waals surface area contributed by atoms with E-state index in [4.69, 9.17) is 15.3 Å². The number of carbonyl (C=O) groups is 1. The molecule has 0 unspecified atom stereocenters. The van der Waals surface area contributed by atoms with Crippen molar-refractivity contribution in [1.82, 2.24) is 0 Å². The highest BCUT2D eigenvalue weighted by atomic mass is 32.1. The summed E-state index contributed by atoms with van der Waals surface area (Å²) in [7, 11) is 0. The molecule has 0 aliphatic rings. The number of fused-ring (bicyclic) bond motifs is 1. The summed E-state index contributed by atoms with van der Waals surface area (Å²) in [5.74, 6) is -0.375. The maximum atomic E-state index is 10.9. The number of rotatable bonds is 2. The van der Waals surface area contributed by atoms with E-state index in [0.29, 0.717) is 5.76 Å². The fraction of sp³-hybridized carbons (Fsp3) is 0. The summed E-state index contributed by atoms with van der Waals surface area (Å²) in [5.41, 5.74) is 6.70. The number of nitrogens with two attached hydrogens (primary N) is 1. The summed E-state index contributed by atoms with van der Waals surface area (Å²) in [6.45, 7) is 0. The van der Waals surface area contributed by atoms with Crippen LogP contribution in [-0.2, 0) is 0 Å². The highest BCUT2D eigenvalue weighted by molar-refractivity contribution is 7.17. The summed E-state index contributed by atoms with van der Waals surface area (Å²) in [5, 5.41) is 9.95. The number of carboxylic acids is 1. The normalized spacial score (nSPS) is 10.9. The van der Waals surface area contributed by atoms with E-state index in [1.165, 1.54) is 0 Å². The molecule has 1 aromatic carbocycles. The Morgan fingerprint density at radius 3 is 2.72 bits per heavy atom. The van der Waals surface area contributed by atoms with Crippen LogP contribution in [0.25, 0.3) is 21.6 Å². The van der Waals surface area contributed by atoms with Crippen LogP contribution in [0, 0.1) is 0 Å². The van der Waals surface area contributed by atoms with E-state index in [9.17, 15) is 4.79 Å². The van der Waals surface area contributed by atoms with Gasteiger partial charge in [0.05, 0.1) is 10.6 Å². The minimum atomic E-state index is -1.01. The van der Waals surface area contributed by atoms with Gasteiger partial charge in [-0.3, -0.25) is 0 Å². The zero-order valence-electron chi connectivity index (χ0n) is 9.21. The van der Waals surface area contributed by atoms with Crippen LogP contribution in [0.1, 0.15) is 9.67 Å². The number of hydrogen-bond donors (Lipinski definition) is 2. The van der Waals surface area contributed by atoms with Crippen molar-refractivity contribution >= 4 is 34.0 Å². The third kappa shape index (κ3) is 1.65. The molecule has 90 valence electrons. The summed E-state index contributed by atoms with van der Waals surface area (Å²) in [6, 6.07) is 11.1. The molecule has 4 nitrogen and oxygen atoms in total. The summed E-state index contributed by atoms with van der Waals surface area (Å²) in [6.07, 6.45) is 0. The second kappa shape index (κ2) is 3.89. The number of anilines is 1. The smallest absolute Gasteiger partial charge is 0.348 e. The lowest BCUT2D eigenvalue weighted by molar-refractivity contribution is 0.0703. The fourth-order valence-corrected chi connectivity index (χ4v) is 2.67. The molecule has 0 aliphatic carbocycles. The van der Waals surface area contributed by atoms with E-state index in [2.05, 4.69) is 0 Å². The number of thiophene rings is 1. The summed E-state index contributed by atoms with van der Waals surface area (Å²) < 4.78 is 5.66. The Labute approximate surface area is 106 Å². The first-order chi connectivity index (χ1) is 8.65. The van der Waals surface area contributed by atoms with Crippen LogP contribution >= 0.6 is 11.3 Å². The third-order valence-electron chi connectivity index (χ3n) is 2.62. The van der Waals surface area contributed by atoms with Gasteiger partial charge in [-0.15, -0.1) is 11.3 Å². The third-order valence-corrected chi connectivity index (χ3v) is 3.78. The Bertz CT molecular complexity index is 709. The van der Waals surface area contributed by atoms with Crippen molar-refractivity contribution in [3.05, 3.63) is 41.3 Å². The average Bonchev–Trinajstić information content (AvgIpc) is 2.91. The standard InChI is InChI=1S/C13H9NO3S/c14-8-6-11(18-12(8)13(15)16)10-5-7-3-1-2-4-9(7)17-10/h1-6H,14H2,(H,15,16). The van der Waals surface area contributed by atoms with Crippen LogP contribution in [0.5, 0.6) is 0 Å². The largest absolute Gasteiger partial charge is 0.477 e. The molecule has 3 N–H and O–H groups in total. The molecular formula is C13H9NO3S. The van der Waals surface area contributed by atoms with Gasteiger partial charge in [0, 0.05) is 5.39 Å². The van der Waals surface area contributed by atoms with Gasteiger partial charge >= 0.3 is 5.97 Å². The second-order valence-electron chi connectivity index (χ2n) is 3.85. The number of hydrogen-bond acceptors (Lipinski definition) is 4. The molecule has 2 heterocycles. The van der Waals surface area contributed by atoms with Crippen molar-refractivity contribution in [2.75, 3.05) is 5.73 Å². The zero-order valence-corrected chi connectivity index (χ0v) is 10.0. The van der Waals surface area contributed by atoms with Crippen molar-refractivity contribution in [3.63, 3.8) is 0 Å². The van der Waals surface area contributed by atoms with E-state index in [0.717, 1.165) is 27.2 Å². The van der Waals surface area contributed by atoms with Gasteiger partial charge in [0.15, 0.2) is 0 Å². The van der Waals surface area contributed by atoms with E-state index < -0.39 is 5.97 Å². The molecule has 0 fully saturated rings. The number of benzene rings is 1. The molecule has 0 radical (unpaired) electrons. The van der Waals surface area contributed by atoms with E-state index in [1.807, 2.05) is 30.3 Å². The Kier molecular flexibility index (Phi) is 2.34. The lowest BCUT2D eigenvalue weighted by Crippen LogP contribution is -1.96. The maximum absolute atomic E-state index is 10.9. The first kappa shape index (κ1) is 10.9. The molecular weight excluding hydrogens is 250 g/mol. The van der Waals surface area contributed by atoms with Crippen molar-refractivity contribution in [2.24, 2.45) is 0 Å². The Morgan fingerprint density at radius 1 is 1.28 bits per heavy atom. The van der Waals surface area contributed by atoms with Gasteiger partial charge < -0.3 is 15.3 Å². The van der Waals surface area contributed by atoms with Gasteiger partial charge in [-0.1, -0.05) is 18.2 Å². The van der Waals surface area contributed by atoms with Gasteiger partial charge in [-0.25, -0.2) is 4.79 Å². The topological polar surface area (TPSA) is 76.5 Å². The first-order valence-electron chi connectivity index (χ1n) is 5.26. The first-order valence-corrected chi connectivity index (χ1v) is 6.08. The highest BCUT2D eigenvalue weighted by Gasteiger charge is 2.16. The molecule has 0 aliphatic heterocycles. The van der Waals surface area contributed by atoms with Crippen molar-refractivity contribution < 1.29 is 14.3 Å². The van der Waals surface area contributed by atoms with Crippen LogP contribution < -0.4 is 5.73 Å². The van der Waals surface area contributed by atoms with Crippen LogP contribution in [-0.4, -0.2) is 11.1 Å². The van der Waals surface area contributed by atoms with Crippen LogP contribution in [0.3, 0.4) is 0 Å². The Hall–Kier alpha value is -2.27. The van der Waals surface area contributed by atoms with Gasteiger partial charge in [-0.2, -0.15) is 0 Å². The molecule has 0 atom stereocenters. The van der Waals surface area contributed by atoms with Gasteiger partial charge in [0.2, 0.25) is 0 Å². The zero-order chi connectivity index (χ0) is 12.7. The SMILES string of the molecule is Nc1cc(-c2cc3ccccc3o2)sc1C(=O)O. The van der Waals surface area contributed by atoms with Crippen molar-refractivity contribution in [3.8, 4) is 10.6 Å². The van der Waals surface area contributed by atoms with Gasteiger partial charge in [0.1, 0.15) is 16.2 Å². The molecule has 0 spiro atoms. The molecule has 0 bridgehead atoms. The number of furan rings is 1. The van der Waals surface area contributed by atoms with Crippen molar-refractivity contribution in [2.45, 2.75) is 0 Å². The molecule has 0 saturated heterocycles. The molecule has 3 aromatic rings. The average molecular weight is 259 g/mol. The maximum Gasteiger partial charge on any atom is 0.348 e. The minimum Gasteiger partial charge on any atom is -0.477 e. The number of carboxylic acid groups (broad SMARTS) is 1. The van der Waals surface area contributed by atoms with E-state index in [-0.39, 0.29) is 10.6 Å². The molecule has 5 heteroatoms. The fourth-order valence-electron chi connectivity index (χ4n) is 1.80. The summed E-state index contributed by atoms with van der Waals surface area (Å²) in [4.78, 5) is 11.8. The predicted molar refractivity (Wildman–Crippen MR) is 70.9 cm³/mol. The van der Waals surface area contributed by atoms with Crippen molar-refractivity contribution in [1.29, 1.82) is 0 Å². The lowest BCUT2D eigenvalue weighted by atomic mass is 10.2. The monoisotopic (exact) mass is 259 g/mol. The molecule has 2 aromatic heterocycles. The second-order valence-corrected chi connectivity index (χ2v) is 4.90. The quantitative estimate of drug-likeness (QED) is 0.739.